The molecule has 2 aliphatic heterocycles. The van der Waals surface area contributed by atoms with Crippen molar-refractivity contribution in [3.63, 3.8) is 0 Å². The second-order valence-electron chi connectivity index (χ2n) is 8.48. The number of aliphatic imine (C=N–C) groups is 1. The summed E-state index contributed by atoms with van der Waals surface area (Å²) in [7, 11) is 0. The summed E-state index contributed by atoms with van der Waals surface area (Å²) in [5.74, 6) is 1.24. The minimum atomic E-state index is 0. The van der Waals surface area contributed by atoms with E-state index in [0.717, 1.165) is 77.3 Å². The maximum Gasteiger partial charge on any atom is 0.222 e. The predicted octanol–water partition coefficient (Wildman–Crippen LogP) is 3.62. The monoisotopic (exact) mass is 541 g/mol. The van der Waals surface area contributed by atoms with Gasteiger partial charge in [0.1, 0.15) is 0 Å². The Balaban J connectivity index is 0.00000341. The molecule has 3 rings (SSSR count). The highest BCUT2D eigenvalue weighted by Gasteiger charge is 2.26. The molecule has 0 saturated carbocycles. The van der Waals surface area contributed by atoms with Crippen LogP contribution in [0.4, 0.5) is 0 Å². The standard InChI is InChI=1S/C24H39N5O.HI/c1-3-22(29-16-8-11-23(29)30)12-15-26-24(25-4-2)27-21-13-17-28(18-14-21)19-20-9-6-5-7-10-20;/h5-7,9-10,21-22H,3-4,8,11-19H2,1-2H3,(H2,25,26,27);1H. The largest absolute Gasteiger partial charge is 0.357 e. The number of carbonyl (C=O) groups is 1. The number of hydrogen-bond donors (Lipinski definition) is 2. The molecule has 0 aliphatic carbocycles. The minimum Gasteiger partial charge on any atom is -0.357 e. The van der Waals surface area contributed by atoms with Crippen LogP contribution in [0.5, 0.6) is 0 Å². The lowest BCUT2D eigenvalue weighted by molar-refractivity contribution is -0.129. The van der Waals surface area contributed by atoms with Crippen LogP contribution in [0.3, 0.4) is 0 Å². The summed E-state index contributed by atoms with van der Waals surface area (Å²) in [6, 6.07) is 11.5. The summed E-state index contributed by atoms with van der Waals surface area (Å²) in [4.78, 5) is 21.5. The molecule has 1 unspecified atom stereocenters. The van der Waals surface area contributed by atoms with E-state index in [2.05, 4.69) is 64.6 Å². The Labute approximate surface area is 205 Å². The molecule has 6 nitrogen and oxygen atoms in total. The predicted molar refractivity (Wildman–Crippen MR) is 139 cm³/mol. The number of piperidine rings is 1. The number of nitrogens with one attached hydrogen (secondary N) is 2. The molecular formula is C24H40IN5O. The number of amides is 1. The van der Waals surface area contributed by atoms with Gasteiger partial charge in [-0.25, -0.2) is 0 Å². The third-order valence-electron chi connectivity index (χ3n) is 6.28. The number of rotatable bonds is 9. The van der Waals surface area contributed by atoms with Crippen molar-refractivity contribution in [3.8, 4) is 0 Å². The van der Waals surface area contributed by atoms with Crippen LogP contribution in [0.15, 0.2) is 35.3 Å². The van der Waals surface area contributed by atoms with Gasteiger partial charge < -0.3 is 15.5 Å². The van der Waals surface area contributed by atoms with Crippen LogP contribution in [-0.4, -0.2) is 66.5 Å². The molecule has 2 N–H and O–H groups in total. The van der Waals surface area contributed by atoms with Crippen LogP contribution in [-0.2, 0) is 11.3 Å². The van der Waals surface area contributed by atoms with Gasteiger partial charge in [0.15, 0.2) is 5.96 Å². The normalized spacial score (nSPS) is 19.2. The minimum absolute atomic E-state index is 0. The fourth-order valence-electron chi connectivity index (χ4n) is 4.55. The smallest absolute Gasteiger partial charge is 0.222 e. The zero-order chi connectivity index (χ0) is 21.2. The van der Waals surface area contributed by atoms with Gasteiger partial charge in [-0.2, -0.15) is 0 Å². The molecule has 0 bridgehead atoms. The zero-order valence-electron chi connectivity index (χ0n) is 19.2. The lowest BCUT2D eigenvalue weighted by Gasteiger charge is -2.33. The van der Waals surface area contributed by atoms with E-state index in [1.54, 1.807) is 0 Å². The fraction of sp³-hybridized carbons (Fsp3) is 0.667. The van der Waals surface area contributed by atoms with E-state index in [0.29, 0.717) is 24.4 Å². The number of likely N-dealkylation sites (tertiary alicyclic amines) is 2. The van der Waals surface area contributed by atoms with E-state index in [9.17, 15) is 4.79 Å². The number of guanidine groups is 1. The fourth-order valence-corrected chi connectivity index (χ4v) is 4.55. The van der Waals surface area contributed by atoms with Crippen LogP contribution in [0.1, 0.15) is 57.9 Å². The number of benzene rings is 1. The highest BCUT2D eigenvalue weighted by molar-refractivity contribution is 14.0. The maximum atomic E-state index is 12.0. The van der Waals surface area contributed by atoms with E-state index in [1.807, 2.05) is 0 Å². The van der Waals surface area contributed by atoms with Crippen molar-refractivity contribution < 1.29 is 4.79 Å². The molecule has 1 aromatic rings. The average Bonchev–Trinajstić information content (AvgIpc) is 3.19. The molecule has 2 aliphatic rings. The molecule has 0 aromatic heterocycles. The quantitative estimate of drug-likeness (QED) is 0.285. The van der Waals surface area contributed by atoms with Crippen molar-refractivity contribution in [1.82, 2.24) is 20.4 Å². The van der Waals surface area contributed by atoms with Crippen LogP contribution >= 0.6 is 24.0 Å². The Morgan fingerprint density at radius 2 is 1.90 bits per heavy atom. The summed E-state index contributed by atoms with van der Waals surface area (Å²) in [5.41, 5.74) is 1.39. The van der Waals surface area contributed by atoms with Gasteiger partial charge in [0.25, 0.3) is 0 Å². The third kappa shape index (κ3) is 8.25. The third-order valence-corrected chi connectivity index (χ3v) is 6.28. The zero-order valence-corrected chi connectivity index (χ0v) is 21.5. The Bertz CT molecular complexity index is 676. The van der Waals surface area contributed by atoms with E-state index >= 15 is 0 Å². The van der Waals surface area contributed by atoms with Gasteiger partial charge in [0, 0.05) is 57.8 Å². The van der Waals surface area contributed by atoms with Crippen LogP contribution in [0, 0.1) is 0 Å². The average molecular weight is 542 g/mol. The first-order valence-electron chi connectivity index (χ1n) is 11.8. The molecule has 0 radical (unpaired) electrons. The first kappa shape index (κ1) is 25.9. The summed E-state index contributed by atoms with van der Waals surface area (Å²) in [5, 5.41) is 7.04. The van der Waals surface area contributed by atoms with Gasteiger partial charge in [-0.3, -0.25) is 14.7 Å². The van der Waals surface area contributed by atoms with Crippen molar-refractivity contribution in [3.05, 3.63) is 35.9 Å². The van der Waals surface area contributed by atoms with E-state index in [1.165, 1.54) is 5.56 Å². The number of hydrogen-bond acceptors (Lipinski definition) is 3. The molecule has 2 heterocycles. The Morgan fingerprint density at radius 1 is 1.16 bits per heavy atom. The first-order valence-corrected chi connectivity index (χ1v) is 11.8. The lowest BCUT2D eigenvalue weighted by Crippen LogP contribution is -2.48. The van der Waals surface area contributed by atoms with Crippen molar-refractivity contribution >= 4 is 35.8 Å². The molecule has 1 atom stereocenters. The molecular weight excluding hydrogens is 501 g/mol. The summed E-state index contributed by atoms with van der Waals surface area (Å²) < 4.78 is 0. The van der Waals surface area contributed by atoms with Gasteiger partial charge in [0.2, 0.25) is 5.91 Å². The molecule has 7 heteroatoms. The number of halogens is 1. The van der Waals surface area contributed by atoms with Crippen molar-refractivity contribution in [2.24, 2.45) is 4.99 Å². The Morgan fingerprint density at radius 3 is 2.52 bits per heavy atom. The SMILES string of the molecule is CCNC(=NCCC(CC)N1CCCC1=O)NC1CCN(Cc2ccccc2)CC1.I. The molecule has 174 valence electrons. The van der Waals surface area contributed by atoms with E-state index < -0.39 is 0 Å². The summed E-state index contributed by atoms with van der Waals surface area (Å²) >= 11 is 0. The lowest BCUT2D eigenvalue weighted by atomic mass is 10.0. The van der Waals surface area contributed by atoms with Crippen LogP contribution < -0.4 is 10.6 Å². The molecule has 1 amide bonds. The van der Waals surface area contributed by atoms with Gasteiger partial charge in [-0.05, 0) is 44.6 Å². The van der Waals surface area contributed by atoms with Crippen molar-refractivity contribution in [2.75, 3.05) is 32.7 Å². The molecule has 2 fully saturated rings. The summed E-state index contributed by atoms with van der Waals surface area (Å²) in [6.07, 6.45) is 5.94. The summed E-state index contributed by atoms with van der Waals surface area (Å²) in [6.45, 7) is 10.1. The number of nitrogens with zero attached hydrogens (tertiary/aromatic N) is 3. The molecule has 2 saturated heterocycles. The Kier molecular flexibility index (Phi) is 11.6. The second kappa shape index (κ2) is 13.9. The molecule has 0 spiro atoms. The van der Waals surface area contributed by atoms with Gasteiger partial charge in [-0.1, -0.05) is 37.3 Å². The number of carbonyl (C=O) groups excluding carboxylic acids is 1. The van der Waals surface area contributed by atoms with Crippen LogP contribution in [0.2, 0.25) is 0 Å². The van der Waals surface area contributed by atoms with Crippen LogP contribution in [0.25, 0.3) is 0 Å². The van der Waals surface area contributed by atoms with Crippen molar-refractivity contribution in [1.29, 1.82) is 0 Å². The van der Waals surface area contributed by atoms with E-state index in [-0.39, 0.29) is 24.0 Å². The molecule has 31 heavy (non-hydrogen) atoms. The van der Waals surface area contributed by atoms with Crippen molar-refractivity contribution in [2.45, 2.75) is 71.0 Å². The maximum absolute atomic E-state index is 12.0. The van der Waals surface area contributed by atoms with Gasteiger partial charge in [-0.15, -0.1) is 24.0 Å². The topological polar surface area (TPSA) is 60.0 Å². The highest BCUT2D eigenvalue weighted by Crippen LogP contribution is 2.18. The van der Waals surface area contributed by atoms with Gasteiger partial charge in [0.05, 0.1) is 0 Å². The Hall–Kier alpha value is -1.35. The van der Waals surface area contributed by atoms with E-state index in [4.69, 9.17) is 4.99 Å². The van der Waals surface area contributed by atoms with Gasteiger partial charge >= 0.3 is 0 Å². The molecule has 1 aromatic carbocycles. The highest BCUT2D eigenvalue weighted by atomic mass is 127. The second-order valence-corrected chi connectivity index (χ2v) is 8.48. The first-order chi connectivity index (χ1) is 14.7.